The topological polar surface area (TPSA) is 83.1 Å². The minimum absolute atomic E-state index is 0.209. The van der Waals surface area contributed by atoms with Crippen LogP contribution in [0.3, 0.4) is 0 Å². The second-order valence-electron chi connectivity index (χ2n) is 7.33. The van der Waals surface area contributed by atoms with E-state index >= 15 is 0 Å². The van der Waals surface area contributed by atoms with Gasteiger partial charge in [-0.05, 0) is 69.1 Å². The summed E-state index contributed by atoms with van der Waals surface area (Å²) in [6.07, 6.45) is 6.99. The molecule has 5 nitrogen and oxygen atoms in total. The summed E-state index contributed by atoms with van der Waals surface area (Å²) in [7, 11) is 1.62. The van der Waals surface area contributed by atoms with Crippen molar-refractivity contribution in [1.82, 2.24) is 0 Å². The second-order valence-corrected chi connectivity index (χ2v) is 7.33. The van der Waals surface area contributed by atoms with Gasteiger partial charge in [-0.2, -0.15) is 10.5 Å². The highest BCUT2D eigenvalue weighted by atomic mass is 16.5. The molecule has 1 aromatic carbocycles. The van der Waals surface area contributed by atoms with Gasteiger partial charge in [0.05, 0.1) is 24.7 Å². The maximum atomic E-state index is 11.7. The number of nitrogens with zero attached hydrogens (tertiary/aromatic N) is 2. The van der Waals surface area contributed by atoms with E-state index in [4.69, 9.17) is 14.7 Å². The van der Waals surface area contributed by atoms with Crippen LogP contribution in [0.4, 0.5) is 0 Å². The Labute approximate surface area is 154 Å². The lowest BCUT2D eigenvalue weighted by Crippen LogP contribution is -2.32. The van der Waals surface area contributed by atoms with Crippen LogP contribution in [0.5, 0.6) is 11.5 Å². The van der Waals surface area contributed by atoms with Crippen molar-refractivity contribution in [1.29, 1.82) is 10.5 Å². The molecule has 0 unspecified atom stereocenters. The van der Waals surface area contributed by atoms with Crippen molar-refractivity contribution in [2.75, 3.05) is 7.11 Å². The van der Waals surface area contributed by atoms with E-state index in [0.717, 1.165) is 18.4 Å². The Kier molecular flexibility index (Phi) is 5.47. The standard InChI is InChI=1S/C21H24N2O3/c1-25-19-7-6-16(12-20(19)26-17-4-2-3-5-17)21(14-23)10-8-15(9-11-21)18(24)13-22/h6-7,12,15,17H,2-5,8-11H2,1H3. The van der Waals surface area contributed by atoms with Gasteiger partial charge in [0, 0.05) is 5.92 Å². The van der Waals surface area contributed by atoms with Crippen LogP contribution in [0.15, 0.2) is 18.2 Å². The highest BCUT2D eigenvalue weighted by Gasteiger charge is 2.39. The van der Waals surface area contributed by atoms with E-state index in [1.807, 2.05) is 18.2 Å². The molecule has 0 bridgehead atoms. The Hall–Kier alpha value is -2.53. The third-order valence-electron chi connectivity index (χ3n) is 5.85. The Morgan fingerprint density at radius 3 is 2.38 bits per heavy atom. The molecule has 5 heteroatoms. The molecule has 26 heavy (non-hydrogen) atoms. The fourth-order valence-electron chi connectivity index (χ4n) is 4.18. The summed E-state index contributed by atoms with van der Waals surface area (Å²) < 4.78 is 11.6. The first-order valence-electron chi connectivity index (χ1n) is 9.32. The van der Waals surface area contributed by atoms with Crippen LogP contribution in [-0.4, -0.2) is 19.0 Å². The lowest BCUT2D eigenvalue weighted by Gasteiger charge is -2.34. The molecule has 0 aromatic heterocycles. The fraction of sp³-hybridized carbons (Fsp3) is 0.571. The summed E-state index contributed by atoms with van der Waals surface area (Å²) in [5.74, 6) is 0.772. The Bertz CT molecular complexity index is 746. The lowest BCUT2D eigenvalue weighted by molar-refractivity contribution is -0.118. The smallest absolute Gasteiger partial charge is 0.234 e. The number of Topliss-reactive ketones (excluding diaryl/α,β-unsaturated/α-hetero) is 1. The minimum atomic E-state index is -0.633. The number of ether oxygens (including phenoxy) is 2. The number of methoxy groups -OCH3 is 1. The average Bonchev–Trinajstić information content (AvgIpc) is 3.20. The van der Waals surface area contributed by atoms with Gasteiger partial charge in [0.25, 0.3) is 0 Å². The number of carbonyl (C=O) groups excluding carboxylic acids is 1. The van der Waals surface area contributed by atoms with Crippen LogP contribution in [0.25, 0.3) is 0 Å². The maximum absolute atomic E-state index is 11.7. The number of rotatable bonds is 5. The van der Waals surface area contributed by atoms with Crippen LogP contribution in [0.2, 0.25) is 0 Å². The van der Waals surface area contributed by atoms with Crippen molar-refractivity contribution in [3.05, 3.63) is 23.8 Å². The zero-order chi connectivity index (χ0) is 18.6. The summed E-state index contributed by atoms with van der Waals surface area (Å²) in [4.78, 5) is 11.7. The highest BCUT2D eigenvalue weighted by Crippen LogP contribution is 2.44. The van der Waals surface area contributed by atoms with Gasteiger partial charge in [-0.15, -0.1) is 0 Å². The molecule has 0 aliphatic heterocycles. The minimum Gasteiger partial charge on any atom is -0.493 e. The third-order valence-corrected chi connectivity index (χ3v) is 5.85. The number of hydrogen-bond donors (Lipinski definition) is 0. The summed E-state index contributed by atoms with van der Waals surface area (Å²) in [6, 6.07) is 9.94. The monoisotopic (exact) mass is 352 g/mol. The molecule has 1 aromatic rings. The summed E-state index contributed by atoms with van der Waals surface area (Å²) >= 11 is 0. The van der Waals surface area contributed by atoms with Crippen molar-refractivity contribution in [2.45, 2.75) is 62.9 Å². The summed E-state index contributed by atoms with van der Waals surface area (Å²) in [5.41, 5.74) is 0.281. The first-order chi connectivity index (χ1) is 12.6. The molecule has 2 fully saturated rings. The van der Waals surface area contributed by atoms with Crippen LogP contribution in [-0.2, 0) is 10.2 Å². The predicted octanol–water partition coefficient (Wildman–Crippen LogP) is 4.06. The third kappa shape index (κ3) is 3.53. The Morgan fingerprint density at radius 2 is 1.81 bits per heavy atom. The van der Waals surface area contributed by atoms with E-state index in [-0.39, 0.29) is 17.8 Å². The quantitative estimate of drug-likeness (QED) is 0.746. The Balaban J connectivity index is 1.84. The van der Waals surface area contributed by atoms with E-state index in [0.29, 0.717) is 37.2 Å². The summed E-state index contributed by atoms with van der Waals surface area (Å²) in [6.45, 7) is 0. The molecule has 0 spiro atoms. The van der Waals surface area contributed by atoms with Gasteiger partial charge >= 0.3 is 0 Å². The SMILES string of the molecule is COc1ccc(C2(C#N)CCC(C(=O)C#N)CC2)cc1OC1CCCC1. The normalized spacial score (nSPS) is 25.9. The van der Waals surface area contributed by atoms with E-state index in [1.165, 1.54) is 12.8 Å². The van der Waals surface area contributed by atoms with Crippen molar-refractivity contribution >= 4 is 5.78 Å². The number of carbonyl (C=O) groups is 1. The molecule has 3 rings (SSSR count). The molecule has 0 heterocycles. The molecule has 0 atom stereocenters. The molecule has 0 saturated heterocycles. The molecular weight excluding hydrogens is 328 g/mol. The van der Waals surface area contributed by atoms with Gasteiger partial charge in [-0.1, -0.05) is 6.07 Å². The molecule has 2 aliphatic rings. The first-order valence-corrected chi connectivity index (χ1v) is 9.32. The van der Waals surface area contributed by atoms with E-state index in [1.54, 1.807) is 13.2 Å². The molecule has 2 saturated carbocycles. The molecule has 0 N–H and O–H groups in total. The molecule has 2 aliphatic carbocycles. The molecular formula is C21H24N2O3. The van der Waals surface area contributed by atoms with Gasteiger partial charge in [0.1, 0.15) is 6.07 Å². The first kappa shape index (κ1) is 18.3. The summed E-state index contributed by atoms with van der Waals surface area (Å²) in [5, 5.41) is 18.7. The van der Waals surface area contributed by atoms with Crippen LogP contribution >= 0.6 is 0 Å². The van der Waals surface area contributed by atoms with Gasteiger partial charge in [0.15, 0.2) is 11.5 Å². The van der Waals surface area contributed by atoms with E-state index < -0.39 is 5.41 Å². The van der Waals surface area contributed by atoms with Crippen LogP contribution < -0.4 is 9.47 Å². The number of ketones is 1. The zero-order valence-corrected chi connectivity index (χ0v) is 15.2. The van der Waals surface area contributed by atoms with Crippen molar-refractivity contribution in [3.63, 3.8) is 0 Å². The van der Waals surface area contributed by atoms with Gasteiger partial charge in [-0.25, -0.2) is 0 Å². The van der Waals surface area contributed by atoms with Crippen LogP contribution in [0, 0.1) is 28.6 Å². The van der Waals surface area contributed by atoms with Crippen LogP contribution in [0.1, 0.15) is 56.9 Å². The highest BCUT2D eigenvalue weighted by molar-refractivity contribution is 5.95. The zero-order valence-electron chi connectivity index (χ0n) is 15.2. The van der Waals surface area contributed by atoms with Gasteiger partial charge < -0.3 is 9.47 Å². The average molecular weight is 352 g/mol. The van der Waals surface area contributed by atoms with E-state index in [2.05, 4.69) is 6.07 Å². The number of benzene rings is 1. The molecule has 136 valence electrons. The Morgan fingerprint density at radius 1 is 1.12 bits per heavy atom. The van der Waals surface area contributed by atoms with E-state index in [9.17, 15) is 10.1 Å². The predicted molar refractivity (Wildman–Crippen MR) is 95.7 cm³/mol. The van der Waals surface area contributed by atoms with Crippen molar-refractivity contribution in [3.8, 4) is 23.6 Å². The lowest BCUT2D eigenvalue weighted by atomic mass is 9.67. The number of hydrogen-bond acceptors (Lipinski definition) is 5. The van der Waals surface area contributed by atoms with Crippen molar-refractivity contribution in [2.24, 2.45) is 5.92 Å². The molecule has 0 amide bonds. The van der Waals surface area contributed by atoms with Crippen molar-refractivity contribution < 1.29 is 14.3 Å². The van der Waals surface area contributed by atoms with Gasteiger partial charge in [-0.3, -0.25) is 4.79 Å². The van der Waals surface area contributed by atoms with Gasteiger partial charge in [0.2, 0.25) is 5.78 Å². The number of nitriles is 2. The fourth-order valence-corrected chi connectivity index (χ4v) is 4.18. The largest absolute Gasteiger partial charge is 0.493 e. The second kappa shape index (κ2) is 7.79. The maximum Gasteiger partial charge on any atom is 0.234 e. The molecule has 0 radical (unpaired) electrons.